The van der Waals surface area contributed by atoms with E-state index in [1.807, 2.05) is 56.8 Å². The number of benzene rings is 2. The van der Waals surface area contributed by atoms with Crippen LogP contribution in [0.5, 0.6) is 0 Å². The van der Waals surface area contributed by atoms with Crippen molar-refractivity contribution >= 4 is 38.1 Å². The maximum Gasteiger partial charge on any atom is 0.284 e. The van der Waals surface area contributed by atoms with Gasteiger partial charge in [0.2, 0.25) is 10.0 Å². The van der Waals surface area contributed by atoms with Gasteiger partial charge in [-0.15, -0.1) is 11.3 Å². The molecule has 4 rings (SSSR count). The predicted molar refractivity (Wildman–Crippen MR) is 130 cm³/mol. The number of carbonyl (C=O) groups excluding carboxylic acids is 1. The van der Waals surface area contributed by atoms with Gasteiger partial charge in [-0.2, -0.15) is 5.26 Å². The van der Waals surface area contributed by atoms with E-state index in [9.17, 15) is 13.2 Å². The summed E-state index contributed by atoms with van der Waals surface area (Å²) in [7, 11) is -3.72. The van der Waals surface area contributed by atoms with E-state index in [0.717, 1.165) is 23.2 Å². The molecule has 2 aromatic heterocycles. The van der Waals surface area contributed by atoms with Gasteiger partial charge >= 0.3 is 0 Å². The zero-order valence-corrected chi connectivity index (χ0v) is 20.0. The number of imidazole rings is 1. The number of hydrogen-bond acceptors (Lipinski definition) is 8. The standard InChI is InChI=1S/C23H20N6O3S2/c1-16-21(22(30)27-34(2,31)32)26-23(33-16)29(19-8-6-17(13-24)7-9-19)14-18-4-3-5-20(12-18)28-11-10-25-15-28/h3-12,15H,14H2,1-2H3,(H,27,30). The van der Waals surface area contributed by atoms with E-state index in [-0.39, 0.29) is 5.69 Å². The Morgan fingerprint density at radius 1 is 1.24 bits per heavy atom. The summed E-state index contributed by atoms with van der Waals surface area (Å²) in [6.45, 7) is 2.14. The number of hydrogen-bond donors (Lipinski definition) is 1. The number of anilines is 2. The van der Waals surface area contributed by atoms with Crippen molar-refractivity contribution in [1.29, 1.82) is 5.26 Å². The van der Waals surface area contributed by atoms with E-state index in [0.29, 0.717) is 22.1 Å². The number of aryl methyl sites for hydroxylation is 1. The van der Waals surface area contributed by atoms with Crippen molar-refractivity contribution in [3.63, 3.8) is 0 Å². The largest absolute Gasteiger partial charge is 0.313 e. The fourth-order valence-corrected chi connectivity index (χ4v) is 4.68. The Morgan fingerprint density at radius 3 is 2.65 bits per heavy atom. The molecule has 0 aliphatic carbocycles. The van der Waals surface area contributed by atoms with Gasteiger partial charge in [0.25, 0.3) is 5.91 Å². The highest BCUT2D eigenvalue weighted by Gasteiger charge is 2.22. The molecular weight excluding hydrogens is 472 g/mol. The molecule has 34 heavy (non-hydrogen) atoms. The summed E-state index contributed by atoms with van der Waals surface area (Å²) in [6.07, 6.45) is 6.20. The third-order valence-corrected chi connectivity index (χ3v) is 6.42. The van der Waals surface area contributed by atoms with Gasteiger partial charge in [0, 0.05) is 28.6 Å². The van der Waals surface area contributed by atoms with E-state index in [1.165, 1.54) is 11.3 Å². The summed E-state index contributed by atoms with van der Waals surface area (Å²) < 4.78 is 26.9. The summed E-state index contributed by atoms with van der Waals surface area (Å²) in [6, 6.07) is 17.1. The highest BCUT2D eigenvalue weighted by atomic mass is 32.2. The lowest BCUT2D eigenvalue weighted by Gasteiger charge is -2.22. The molecule has 11 heteroatoms. The number of amides is 1. The second kappa shape index (κ2) is 9.46. The van der Waals surface area contributed by atoms with Crippen molar-refractivity contribution in [1.82, 2.24) is 19.3 Å². The lowest BCUT2D eigenvalue weighted by atomic mass is 10.1. The molecule has 0 radical (unpaired) electrons. The SMILES string of the molecule is Cc1sc(N(Cc2cccc(-n3ccnc3)c2)c2ccc(C#N)cc2)nc1C(=O)NS(C)(=O)=O. The molecule has 0 saturated carbocycles. The number of sulfonamides is 1. The lowest BCUT2D eigenvalue weighted by Crippen LogP contribution is -2.30. The Bertz CT molecular complexity index is 1470. The Labute approximate surface area is 201 Å². The molecule has 1 amide bonds. The van der Waals surface area contributed by atoms with Crippen LogP contribution in [0.3, 0.4) is 0 Å². The first-order valence-electron chi connectivity index (χ1n) is 10.1. The molecule has 0 bridgehead atoms. The van der Waals surface area contributed by atoms with Crippen molar-refractivity contribution in [2.24, 2.45) is 0 Å². The molecule has 0 spiro atoms. The van der Waals surface area contributed by atoms with Crippen molar-refractivity contribution in [3.8, 4) is 11.8 Å². The molecule has 0 saturated heterocycles. The highest BCUT2D eigenvalue weighted by Crippen LogP contribution is 2.33. The normalized spacial score (nSPS) is 11.1. The van der Waals surface area contributed by atoms with Crippen LogP contribution in [0.1, 0.15) is 26.5 Å². The van der Waals surface area contributed by atoms with Gasteiger partial charge < -0.3 is 9.47 Å². The molecule has 0 atom stereocenters. The Morgan fingerprint density at radius 2 is 2.00 bits per heavy atom. The van der Waals surface area contributed by atoms with Crippen LogP contribution in [0.4, 0.5) is 10.8 Å². The molecule has 4 aromatic rings. The first kappa shape index (κ1) is 23.2. The van der Waals surface area contributed by atoms with Crippen molar-refractivity contribution < 1.29 is 13.2 Å². The van der Waals surface area contributed by atoms with Crippen molar-refractivity contribution in [2.45, 2.75) is 13.5 Å². The number of nitrogens with one attached hydrogen (secondary N) is 1. The zero-order chi connectivity index (χ0) is 24.3. The summed E-state index contributed by atoms with van der Waals surface area (Å²) >= 11 is 1.28. The quantitative estimate of drug-likeness (QED) is 0.419. The Hall–Kier alpha value is -4.01. The summed E-state index contributed by atoms with van der Waals surface area (Å²) in [5, 5.41) is 9.68. The first-order chi connectivity index (χ1) is 16.2. The smallest absolute Gasteiger partial charge is 0.284 e. The van der Waals surface area contributed by atoms with E-state index in [1.54, 1.807) is 31.6 Å². The molecule has 1 N–H and O–H groups in total. The molecule has 0 fully saturated rings. The fourth-order valence-electron chi connectivity index (χ4n) is 3.32. The number of nitriles is 1. The van der Waals surface area contributed by atoms with Gasteiger partial charge in [-0.3, -0.25) is 4.79 Å². The second-order valence-electron chi connectivity index (χ2n) is 7.49. The van der Waals surface area contributed by atoms with Gasteiger partial charge in [-0.05, 0) is 48.9 Å². The van der Waals surface area contributed by atoms with Crippen molar-refractivity contribution in [2.75, 3.05) is 11.2 Å². The number of aromatic nitrogens is 3. The molecule has 172 valence electrons. The molecule has 0 aliphatic heterocycles. The summed E-state index contributed by atoms with van der Waals surface area (Å²) in [5.41, 5.74) is 3.27. The zero-order valence-electron chi connectivity index (χ0n) is 18.3. The molecule has 9 nitrogen and oxygen atoms in total. The number of carbonyl (C=O) groups is 1. The third kappa shape index (κ3) is 5.31. The van der Waals surface area contributed by atoms with E-state index < -0.39 is 15.9 Å². The minimum Gasteiger partial charge on any atom is -0.313 e. The van der Waals surface area contributed by atoms with Crippen LogP contribution >= 0.6 is 11.3 Å². The minimum absolute atomic E-state index is 0.0521. The number of nitrogens with zero attached hydrogens (tertiary/aromatic N) is 5. The number of thiazole rings is 1. The predicted octanol–water partition coefficient (Wildman–Crippen LogP) is 3.54. The molecule has 2 aromatic carbocycles. The van der Waals surface area contributed by atoms with Crippen LogP contribution < -0.4 is 9.62 Å². The van der Waals surface area contributed by atoms with Crippen LogP contribution in [-0.4, -0.2) is 35.1 Å². The van der Waals surface area contributed by atoms with E-state index in [4.69, 9.17) is 5.26 Å². The Kier molecular flexibility index (Phi) is 6.45. The average Bonchev–Trinajstić information content (AvgIpc) is 3.47. The Balaban J connectivity index is 1.73. The highest BCUT2D eigenvalue weighted by molar-refractivity contribution is 7.89. The van der Waals surface area contributed by atoms with Gasteiger partial charge in [0.1, 0.15) is 5.69 Å². The van der Waals surface area contributed by atoms with Gasteiger partial charge in [0.05, 0.1) is 30.8 Å². The van der Waals surface area contributed by atoms with Gasteiger partial charge in [-0.1, -0.05) is 12.1 Å². The van der Waals surface area contributed by atoms with Gasteiger partial charge in [0.15, 0.2) is 5.13 Å². The number of rotatable bonds is 7. The van der Waals surface area contributed by atoms with E-state index >= 15 is 0 Å². The second-order valence-corrected chi connectivity index (χ2v) is 10.4. The van der Waals surface area contributed by atoms with Crippen LogP contribution in [0, 0.1) is 18.3 Å². The van der Waals surface area contributed by atoms with E-state index in [2.05, 4.69) is 16.0 Å². The first-order valence-corrected chi connectivity index (χ1v) is 12.8. The summed E-state index contributed by atoms with van der Waals surface area (Å²) in [4.78, 5) is 23.5. The minimum atomic E-state index is -3.72. The molecule has 0 unspecified atom stereocenters. The maximum atomic E-state index is 12.5. The van der Waals surface area contributed by atoms with Crippen LogP contribution in [0.2, 0.25) is 0 Å². The topological polar surface area (TPSA) is 121 Å². The van der Waals surface area contributed by atoms with Crippen molar-refractivity contribution in [3.05, 3.63) is 88.9 Å². The monoisotopic (exact) mass is 492 g/mol. The van der Waals surface area contributed by atoms with Crippen LogP contribution in [0.25, 0.3) is 5.69 Å². The summed E-state index contributed by atoms with van der Waals surface area (Å²) in [5.74, 6) is -0.774. The lowest BCUT2D eigenvalue weighted by molar-refractivity contribution is 0.0977. The molecular formula is C23H20N6O3S2. The molecule has 2 heterocycles. The van der Waals surface area contributed by atoms with Crippen LogP contribution in [0.15, 0.2) is 67.3 Å². The third-order valence-electron chi connectivity index (χ3n) is 4.87. The maximum absolute atomic E-state index is 12.5. The van der Waals surface area contributed by atoms with Gasteiger partial charge in [-0.25, -0.2) is 23.1 Å². The fraction of sp³-hybridized carbons (Fsp3) is 0.130. The molecule has 0 aliphatic rings. The van der Waals surface area contributed by atoms with Crippen LogP contribution in [-0.2, 0) is 16.6 Å². The average molecular weight is 493 g/mol.